The van der Waals surface area contributed by atoms with E-state index in [1.54, 1.807) is 48.5 Å². The van der Waals surface area contributed by atoms with E-state index in [1.165, 1.54) is 0 Å². The summed E-state index contributed by atoms with van der Waals surface area (Å²) in [4.78, 5) is 10.7. The Kier molecular flexibility index (Phi) is 4.97. The molecule has 7 nitrogen and oxygen atoms in total. The molecule has 0 bridgehead atoms. The number of benzene rings is 3. The van der Waals surface area contributed by atoms with Crippen LogP contribution in [0.2, 0.25) is 0 Å². The second-order valence-electron chi connectivity index (χ2n) is 5.08. The molecule has 0 spiro atoms. The Bertz CT molecular complexity index is 925. The molecule has 0 radical (unpaired) electrons. The van der Waals surface area contributed by atoms with Crippen molar-refractivity contribution in [2.45, 2.75) is 6.61 Å². The van der Waals surface area contributed by atoms with Crippen molar-refractivity contribution in [1.29, 1.82) is 0 Å². The molecule has 1 unspecified atom stereocenters. The fourth-order valence-electron chi connectivity index (χ4n) is 2.27. The lowest BCUT2D eigenvalue weighted by Gasteiger charge is -2.17. The molecule has 0 fully saturated rings. The van der Waals surface area contributed by atoms with Crippen molar-refractivity contribution >= 4 is 18.6 Å². The standard InChI is InChI=1S/C17H14NO6P/c19-18(20)24-25(21,22-13-14-7-2-1-3-8-14)23-17-12-6-10-15-9-4-5-11-16(15)17/h1-12H,13H2. The first-order chi connectivity index (χ1) is 12.1. The van der Waals surface area contributed by atoms with Crippen molar-refractivity contribution < 1.29 is 23.3 Å². The Morgan fingerprint density at radius 3 is 2.36 bits per heavy atom. The van der Waals surface area contributed by atoms with Gasteiger partial charge in [0.1, 0.15) is 5.75 Å². The number of nitrogens with zero attached hydrogens (tertiary/aromatic N) is 1. The van der Waals surface area contributed by atoms with E-state index < -0.39 is 12.9 Å². The molecule has 0 aliphatic carbocycles. The van der Waals surface area contributed by atoms with Crippen LogP contribution in [0, 0.1) is 10.1 Å². The smallest absolute Gasteiger partial charge is 0.405 e. The predicted molar refractivity (Wildman–Crippen MR) is 91.5 cm³/mol. The minimum atomic E-state index is -4.47. The summed E-state index contributed by atoms with van der Waals surface area (Å²) >= 11 is 0. The van der Waals surface area contributed by atoms with Gasteiger partial charge in [0, 0.05) is 5.39 Å². The molecule has 8 heteroatoms. The first-order valence-electron chi connectivity index (χ1n) is 7.36. The van der Waals surface area contributed by atoms with Crippen molar-refractivity contribution in [1.82, 2.24) is 0 Å². The number of phosphoric ester groups is 1. The second kappa shape index (κ2) is 7.34. The van der Waals surface area contributed by atoms with E-state index in [9.17, 15) is 14.7 Å². The van der Waals surface area contributed by atoms with E-state index in [0.29, 0.717) is 10.9 Å². The van der Waals surface area contributed by atoms with Crippen molar-refractivity contribution in [2.24, 2.45) is 0 Å². The average molecular weight is 359 g/mol. The third kappa shape index (κ3) is 4.35. The summed E-state index contributed by atoms with van der Waals surface area (Å²) in [5.74, 6) is 0.177. The van der Waals surface area contributed by atoms with Crippen LogP contribution in [-0.2, 0) is 20.3 Å². The van der Waals surface area contributed by atoms with Gasteiger partial charge in [-0.3, -0.25) is 4.52 Å². The summed E-state index contributed by atoms with van der Waals surface area (Å²) in [6.45, 7) is -0.156. The van der Waals surface area contributed by atoms with Crippen LogP contribution < -0.4 is 4.52 Å². The van der Waals surface area contributed by atoms with Gasteiger partial charge in [0.05, 0.1) is 6.61 Å². The molecule has 0 N–H and O–H groups in total. The summed E-state index contributed by atoms with van der Waals surface area (Å²) in [7, 11) is -4.47. The molecule has 0 aromatic heterocycles. The zero-order valence-corrected chi connectivity index (χ0v) is 13.9. The Labute approximate surface area is 143 Å². The maximum Gasteiger partial charge on any atom is 0.560 e. The molecular weight excluding hydrogens is 345 g/mol. The average Bonchev–Trinajstić information content (AvgIpc) is 2.61. The summed E-state index contributed by atoms with van der Waals surface area (Å²) < 4.78 is 27.4. The molecule has 3 aromatic carbocycles. The number of phosphoric acid groups is 1. The lowest BCUT2D eigenvalue weighted by molar-refractivity contribution is -0.717. The molecule has 0 saturated carbocycles. The molecule has 0 aliphatic heterocycles. The van der Waals surface area contributed by atoms with Crippen LogP contribution in [0.3, 0.4) is 0 Å². The largest absolute Gasteiger partial charge is 0.560 e. The van der Waals surface area contributed by atoms with Crippen LogP contribution in [0.25, 0.3) is 10.8 Å². The van der Waals surface area contributed by atoms with Crippen LogP contribution in [0.5, 0.6) is 5.75 Å². The van der Waals surface area contributed by atoms with E-state index in [1.807, 2.05) is 24.3 Å². The molecule has 0 saturated heterocycles. The number of rotatable bonds is 7. The molecular formula is C17H14NO6P. The predicted octanol–water partition coefficient (Wildman–Crippen LogP) is 4.75. The summed E-state index contributed by atoms with van der Waals surface area (Å²) in [5, 5.41) is 11.0. The molecule has 0 aliphatic rings. The topological polar surface area (TPSA) is 87.9 Å². The minimum absolute atomic E-state index is 0.156. The third-order valence-electron chi connectivity index (χ3n) is 3.36. The zero-order chi connectivity index (χ0) is 17.7. The Balaban J connectivity index is 1.87. The summed E-state index contributed by atoms with van der Waals surface area (Å²) in [6, 6.07) is 21.1. The van der Waals surface area contributed by atoms with Gasteiger partial charge in [-0.15, -0.1) is 10.1 Å². The van der Waals surface area contributed by atoms with E-state index in [4.69, 9.17) is 9.05 Å². The lowest BCUT2D eigenvalue weighted by atomic mass is 10.1. The van der Waals surface area contributed by atoms with Gasteiger partial charge in [-0.1, -0.05) is 66.7 Å². The van der Waals surface area contributed by atoms with Gasteiger partial charge < -0.3 is 4.52 Å². The van der Waals surface area contributed by atoms with Crippen LogP contribution in [0.4, 0.5) is 0 Å². The maximum atomic E-state index is 12.7. The van der Waals surface area contributed by atoms with Crippen LogP contribution in [-0.4, -0.2) is 5.09 Å². The van der Waals surface area contributed by atoms with E-state index in [0.717, 1.165) is 5.39 Å². The monoisotopic (exact) mass is 359 g/mol. The first kappa shape index (κ1) is 17.0. The molecule has 3 rings (SSSR count). The van der Waals surface area contributed by atoms with Crippen molar-refractivity contribution in [2.75, 3.05) is 0 Å². The Hall–Kier alpha value is -2.89. The number of hydrogen-bond donors (Lipinski definition) is 0. The van der Waals surface area contributed by atoms with Gasteiger partial charge in [0.2, 0.25) is 0 Å². The molecule has 128 valence electrons. The van der Waals surface area contributed by atoms with Gasteiger partial charge in [-0.2, -0.15) is 4.62 Å². The van der Waals surface area contributed by atoms with Crippen LogP contribution in [0.15, 0.2) is 72.8 Å². The van der Waals surface area contributed by atoms with Crippen LogP contribution in [0.1, 0.15) is 5.56 Å². The maximum absolute atomic E-state index is 12.7. The van der Waals surface area contributed by atoms with Gasteiger partial charge in [-0.05, 0) is 17.0 Å². The molecule has 1 atom stereocenters. The van der Waals surface area contributed by atoms with Gasteiger partial charge in [-0.25, -0.2) is 4.57 Å². The highest BCUT2D eigenvalue weighted by atomic mass is 31.2. The zero-order valence-electron chi connectivity index (χ0n) is 13.0. The first-order valence-corrected chi connectivity index (χ1v) is 8.82. The van der Waals surface area contributed by atoms with Gasteiger partial charge in [0.25, 0.3) is 0 Å². The number of fused-ring (bicyclic) bond motifs is 1. The molecule has 3 aromatic rings. The molecule has 0 heterocycles. The fourth-order valence-corrected chi connectivity index (χ4v) is 3.28. The highest BCUT2D eigenvalue weighted by Crippen LogP contribution is 2.51. The second-order valence-corrected chi connectivity index (χ2v) is 6.58. The van der Waals surface area contributed by atoms with E-state index in [-0.39, 0.29) is 12.4 Å². The van der Waals surface area contributed by atoms with Crippen molar-refractivity contribution in [3.63, 3.8) is 0 Å². The van der Waals surface area contributed by atoms with Crippen molar-refractivity contribution in [3.05, 3.63) is 88.5 Å². The minimum Gasteiger partial charge on any atom is -0.405 e. The molecule has 0 amide bonds. The summed E-state index contributed by atoms with van der Waals surface area (Å²) in [5.41, 5.74) is 0.677. The fraction of sp³-hybridized carbons (Fsp3) is 0.0588. The van der Waals surface area contributed by atoms with Gasteiger partial charge in [0.15, 0.2) is 0 Å². The summed E-state index contributed by atoms with van der Waals surface area (Å²) in [6.07, 6.45) is 0. The Morgan fingerprint density at radius 1 is 0.920 bits per heavy atom. The lowest BCUT2D eigenvalue weighted by Crippen LogP contribution is -2.07. The molecule has 25 heavy (non-hydrogen) atoms. The third-order valence-corrected chi connectivity index (χ3v) is 4.56. The highest BCUT2D eigenvalue weighted by Gasteiger charge is 2.33. The van der Waals surface area contributed by atoms with Gasteiger partial charge >= 0.3 is 12.9 Å². The van der Waals surface area contributed by atoms with E-state index in [2.05, 4.69) is 4.62 Å². The quantitative estimate of drug-likeness (QED) is 0.344. The number of hydrogen-bond acceptors (Lipinski definition) is 6. The van der Waals surface area contributed by atoms with E-state index >= 15 is 0 Å². The Morgan fingerprint density at radius 2 is 1.60 bits per heavy atom. The van der Waals surface area contributed by atoms with Crippen molar-refractivity contribution in [3.8, 4) is 5.75 Å². The normalized spacial score (nSPS) is 13.1. The van der Waals surface area contributed by atoms with Crippen LogP contribution >= 0.6 is 7.82 Å². The SMILES string of the molecule is O=[N+]([O-])OP(=O)(OCc1ccccc1)Oc1cccc2ccccc12. The highest BCUT2D eigenvalue weighted by molar-refractivity contribution is 7.48.